The van der Waals surface area contributed by atoms with Gasteiger partial charge in [0.15, 0.2) is 0 Å². The Hall–Kier alpha value is -4.45. The Morgan fingerprint density at radius 2 is 1.71 bits per heavy atom. The molecule has 2 aromatic heterocycles. The number of aromatic nitrogens is 3. The molecule has 3 aromatic carbocycles. The number of carbonyl (C=O) groups is 1. The van der Waals surface area contributed by atoms with Crippen molar-refractivity contribution < 1.29 is 9.53 Å². The Labute approximate surface area is 197 Å². The Bertz CT molecular complexity index is 1470. The number of carbonyl (C=O) groups excluding carboxylic acids is 1. The molecule has 5 rings (SSSR count). The summed E-state index contributed by atoms with van der Waals surface area (Å²) in [5.41, 5.74) is 5.79. The molecule has 5 aromatic rings. The van der Waals surface area contributed by atoms with Crippen molar-refractivity contribution in [2.24, 2.45) is 7.05 Å². The summed E-state index contributed by atoms with van der Waals surface area (Å²) < 4.78 is 8.10. The normalized spacial score (nSPS) is 10.9. The van der Waals surface area contributed by atoms with Gasteiger partial charge < -0.3 is 14.6 Å². The number of fused-ring (bicyclic) bond motifs is 1. The van der Waals surface area contributed by atoms with Crippen molar-refractivity contribution in [1.29, 1.82) is 0 Å². The summed E-state index contributed by atoms with van der Waals surface area (Å²) in [4.78, 5) is 20.8. The number of benzene rings is 3. The highest BCUT2D eigenvalue weighted by molar-refractivity contribution is 5.92. The summed E-state index contributed by atoms with van der Waals surface area (Å²) in [6.45, 7) is 0. The van der Waals surface area contributed by atoms with Crippen LogP contribution in [0.3, 0.4) is 0 Å². The number of pyridine rings is 1. The zero-order valence-electron chi connectivity index (χ0n) is 19.0. The maximum Gasteiger partial charge on any atom is 0.269 e. The number of hydrogen-bond donors (Lipinski definition) is 1. The van der Waals surface area contributed by atoms with E-state index in [0.29, 0.717) is 17.2 Å². The molecule has 1 amide bonds. The van der Waals surface area contributed by atoms with Gasteiger partial charge in [0, 0.05) is 38.8 Å². The quantitative estimate of drug-likeness (QED) is 0.379. The van der Waals surface area contributed by atoms with E-state index < -0.39 is 0 Å². The van der Waals surface area contributed by atoms with E-state index in [1.807, 2.05) is 31.3 Å². The molecule has 0 aliphatic rings. The molecule has 34 heavy (non-hydrogen) atoms. The van der Waals surface area contributed by atoms with Gasteiger partial charge in [0.25, 0.3) is 5.91 Å². The first-order valence-electron chi connectivity index (χ1n) is 11.1. The lowest BCUT2D eigenvalue weighted by atomic mass is 10.0. The fraction of sp³-hybridized carbons (Fsp3) is 0.107. The van der Waals surface area contributed by atoms with E-state index >= 15 is 0 Å². The van der Waals surface area contributed by atoms with Crippen molar-refractivity contribution in [3.63, 3.8) is 0 Å². The summed E-state index contributed by atoms with van der Waals surface area (Å²) in [7, 11) is 3.60. The highest BCUT2D eigenvalue weighted by Crippen LogP contribution is 2.27. The molecule has 2 heterocycles. The molecular formula is C28H24N4O2. The van der Waals surface area contributed by atoms with E-state index in [0.717, 1.165) is 23.3 Å². The van der Waals surface area contributed by atoms with Gasteiger partial charge in [0.05, 0.1) is 11.0 Å². The van der Waals surface area contributed by atoms with Crippen molar-refractivity contribution >= 4 is 16.9 Å². The second-order valence-electron chi connectivity index (χ2n) is 8.04. The maximum absolute atomic E-state index is 11.8. The lowest BCUT2D eigenvalue weighted by Crippen LogP contribution is -2.18. The Kier molecular flexibility index (Phi) is 5.79. The molecule has 0 aliphatic heterocycles. The average molecular weight is 449 g/mol. The molecule has 0 saturated heterocycles. The van der Waals surface area contributed by atoms with Gasteiger partial charge in [-0.2, -0.15) is 0 Å². The zero-order valence-corrected chi connectivity index (χ0v) is 19.0. The molecule has 0 aliphatic carbocycles. The molecule has 0 fully saturated rings. The van der Waals surface area contributed by atoms with Gasteiger partial charge >= 0.3 is 0 Å². The maximum atomic E-state index is 11.8. The largest absolute Gasteiger partial charge is 0.457 e. The topological polar surface area (TPSA) is 69.0 Å². The Morgan fingerprint density at radius 3 is 2.53 bits per heavy atom. The number of hydrogen-bond acceptors (Lipinski definition) is 4. The molecule has 0 bridgehead atoms. The van der Waals surface area contributed by atoms with Crippen LogP contribution in [0.2, 0.25) is 0 Å². The van der Waals surface area contributed by atoms with Gasteiger partial charge in [0.1, 0.15) is 23.0 Å². The second kappa shape index (κ2) is 9.19. The zero-order chi connectivity index (χ0) is 23.5. The van der Waals surface area contributed by atoms with Crippen LogP contribution in [0.25, 0.3) is 22.2 Å². The monoisotopic (exact) mass is 448 g/mol. The van der Waals surface area contributed by atoms with E-state index in [4.69, 9.17) is 9.72 Å². The predicted molar refractivity (Wildman–Crippen MR) is 133 cm³/mol. The summed E-state index contributed by atoms with van der Waals surface area (Å²) in [6.07, 6.45) is 2.28. The molecular weight excluding hydrogens is 424 g/mol. The predicted octanol–water partition coefficient (Wildman–Crippen LogP) is 5.38. The van der Waals surface area contributed by atoms with Gasteiger partial charge in [-0.05, 0) is 34.9 Å². The van der Waals surface area contributed by atoms with Crippen LogP contribution in [-0.2, 0) is 13.5 Å². The summed E-state index contributed by atoms with van der Waals surface area (Å²) >= 11 is 0. The first-order chi connectivity index (χ1) is 16.6. The number of ether oxygens (including phenoxy) is 1. The molecule has 0 saturated carbocycles. The third-order valence-corrected chi connectivity index (χ3v) is 5.77. The van der Waals surface area contributed by atoms with Crippen LogP contribution in [0.1, 0.15) is 21.9 Å². The fourth-order valence-corrected chi connectivity index (χ4v) is 3.99. The minimum Gasteiger partial charge on any atom is -0.457 e. The summed E-state index contributed by atoms with van der Waals surface area (Å²) in [6, 6.07) is 28.1. The number of aryl methyl sites for hydroxylation is 1. The van der Waals surface area contributed by atoms with Gasteiger partial charge in [0.2, 0.25) is 0 Å². The third kappa shape index (κ3) is 4.38. The number of imidazole rings is 1. The number of nitrogens with one attached hydrogen (secondary N) is 1. The fourth-order valence-electron chi connectivity index (χ4n) is 3.99. The highest BCUT2D eigenvalue weighted by atomic mass is 16.5. The van der Waals surface area contributed by atoms with Crippen molar-refractivity contribution in [3.05, 3.63) is 108 Å². The minimum absolute atomic E-state index is 0.258. The van der Waals surface area contributed by atoms with Gasteiger partial charge in [-0.25, -0.2) is 4.98 Å². The molecule has 1 N–H and O–H groups in total. The molecule has 0 spiro atoms. The Balaban J connectivity index is 1.40. The first-order valence-corrected chi connectivity index (χ1v) is 11.1. The van der Waals surface area contributed by atoms with Crippen LogP contribution in [0.15, 0.2) is 91.1 Å². The molecule has 0 radical (unpaired) electrons. The van der Waals surface area contributed by atoms with Crippen LogP contribution >= 0.6 is 0 Å². The van der Waals surface area contributed by atoms with Gasteiger partial charge in [-0.1, -0.05) is 54.6 Å². The smallest absolute Gasteiger partial charge is 0.269 e. The summed E-state index contributed by atoms with van der Waals surface area (Å²) in [5.74, 6) is 1.91. The molecule has 6 heteroatoms. The van der Waals surface area contributed by atoms with Crippen molar-refractivity contribution in [3.8, 4) is 22.6 Å². The van der Waals surface area contributed by atoms with Crippen LogP contribution in [0.5, 0.6) is 11.5 Å². The van der Waals surface area contributed by atoms with E-state index in [-0.39, 0.29) is 5.91 Å². The SMILES string of the molecule is CNC(=O)c1cc(Oc2ccc3c(c2)nc(Cc2cccc(-c4ccccc4)c2)n3C)ccn1. The van der Waals surface area contributed by atoms with Crippen LogP contribution < -0.4 is 10.1 Å². The standard InChI is InChI=1S/C28H24N4O2/c1-29-28(33)25-18-23(13-14-30-25)34-22-11-12-26-24(17-22)31-27(32(26)2)16-19-7-6-10-21(15-19)20-8-4-3-5-9-20/h3-15,17-18H,16H2,1-2H3,(H,29,33). The van der Waals surface area contributed by atoms with Crippen LogP contribution in [-0.4, -0.2) is 27.5 Å². The molecule has 168 valence electrons. The molecule has 0 unspecified atom stereocenters. The van der Waals surface area contributed by atoms with E-state index in [9.17, 15) is 4.79 Å². The Morgan fingerprint density at radius 1 is 0.912 bits per heavy atom. The first kappa shape index (κ1) is 21.4. The van der Waals surface area contributed by atoms with Crippen molar-refractivity contribution in [1.82, 2.24) is 19.9 Å². The number of amides is 1. The van der Waals surface area contributed by atoms with Crippen molar-refractivity contribution in [2.45, 2.75) is 6.42 Å². The van der Waals surface area contributed by atoms with Crippen LogP contribution in [0, 0.1) is 0 Å². The van der Waals surface area contributed by atoms with E-state index in [2.05, 4.69) is 63.4 Å². The van der Waals surface area contributed by atoms with Gasteiger partial charge in [-0.3, -0.25) is 9.78 Å². The minimum atomic E-state index is -0.258. The molecule has 0 atom stereocenters. The average Bonchev–Trinajstić information content (AvgIpc) is 3.18. The van der Waals surface area contributed by atoms with Crippen LogP contribution in [0.4, 0.5) is 0 Å². The van der Waals surface area contributed by atoms with Crippen molar-refractivity contribution in [2.75, 3.05) is 7.05 Å². The number of nitrogens with zero attached hydrogens (tertiary/aromatic N) is 3. The van der Waals surface area contributed by atoms with E-state index in [1.165, 1.54) is 16.7 Å². The lowest BCUT2D eigenvalue weighted by molar-refractivity contribution is 0.0958. The highest BCUT2D eigenvalue weighted by Gasteiger charge is 2.12. The second-order valence-corrected chi connectivity index (χ2v) is 8.04. The number of rotatable bonds is 6. The third-order valence-electron chi connectivity index (χ3n) is 5.77. The van der Waals surface area contributed by atoms with E-state index in [1.54, 1.807) is 25.4 Å². The summed E-state index contributed by atoms with van der Waals surface area (Å²) in [5, 5.41) is 2.57. The molecule has 6 nitrogen and oxygen atoms in total. The van der Waals surface area contributed by atoms with Gasteiger partial charge in [-0.15, -0.1) is 0 Å². The lowest BCUT2D eigenvalue weighted by Gasteiger charge is -2.07.